The molecule has 29 heavy (non-hydrogen) atoms. The third kappa shape index (κ3) is 3.29. The number of hydrogen-bond donors (Lipinski definition) is 1. The number of fused-ring (bicyclic) bond motifs is 1. The molecule has 0 aliphatic heterocycles. The number of halogens is 1. The molecule has 0 aliphatic carbocycles. The third-order valence-electron chi connectivity index (χ3n) is 5.05. The van der Waals surface area contributed by atoms with Crippen LogP contribution in [0.2, 0.25) is 5.02 Å². The maximum Gasteiger partial charge on any atom is 0.352 e. The fourth-order valence-electron chi connectivity index (χ4n) is 3.81. The van der Waals surface area contributed by atoms with Gasteiger partial charge in [0.25, 0.3) is 0 Å². The molecule has 2 heterocycles. The zero-order chi connectivity index (χ0) is 21.5. The summed E-state index contributed by atoms with van der Waals surface area (Å²) < 4.78 is 7.69. The van der Waals surface area contributed by atoms with E-state index in [4.69, 9.17) is 11.6 Å². The number of carbonyl (C=O) groups is 3. The summed E-state index contributed by atoms with van der Waals surface area (Å²) in [5, 5.41) is 15.1. The predicted molar refractivity (Wildman–Crippen MR) is 108 cm³/mol. The lowest BCUT2D eigenvalue weighted by Crippen LogP contribution is -2.09. The first-order chi connectivity index (χ1) is 13.7. The Balaban J connectivity index is 2.40. The second kappa shape index (κ2) is 7.71. The molecule has 0 spiro atoms. The van der Waals surface area contributed by atoms with Crippen LogP contribution in [0.5, 0.6) is 0 Å². The van der Waals surface area contributed by atoms with Crippen LogP contribution in [0.15, 0.2) is 12.1 Å². The second-order valence-electron chi connectivity index (χ2n) is 6.67. The maximum atomic E-state index is 12.0. The number of rotatable bonds is 6. The van der Waals surface area contributed by atoms with Gasteiger partial charge in [0.2, 0.25) is 0 Å². The van der Waals surface area contributed by atoms with Gasteiger partial charge in [0.05, 0.1) is 23.3 Å². The first kappa shape index (κ1) is 20.6. The SMILES string of the molecule is COC(=O)CCc1c(C(=O)O)n(C)c2c(-c3c(C)nn(C)c3C=O)c(Cl)ccc12. The van der Waals surface area contributed by atoms with Crippen LogP contribution in [0.1, 0.15) is 38.7 Å². The van der Waals surface area contributed by atoms with Crippen LogP contribution in [-0.2, 0) is 30.0 Å². The Morgan fingerprint density at radius 3 is 2.55 bits per heavy atom. The largest absolute Gasteiger partial charge is 0.477 e. The lowest BCUT2D eigenvalue weighted by atomic mass is 9.98. The Bertz CT molecular complexity index is 1160. The number of aldehydes is 1. The molecule has 3 rings (SSSR count). The molecule has 9 heteroatoms. The molecule has 0 unspecified atom stereocenters. The minimum absolute atomic E-state index is 0.0410. The Hall–Kier alpha value is -3.13. The lowest BCUT2D eigenvalue weighted by molar-refractivity contribution is -0.140. The van der Waals surface area contributed by atoms with Crippen molar-refractivity contribution in [2.24, 2.45) is 14.1 Å². The molecule has 0 atom stereocenters. The molecule has 1 N–H and O–H groups in total. The van der Waals surface area contributed by atoms with Crippen molar-refractivity contribution in [2.75, 3.05) is 7.11 Å². The van der Waals surface area contributed by atoms with Gasteiger partial charge in [-0.2, -0.15) is 5.10 Å². The van der Waals surface area contributed by atoms with Gasteiger partial charge in [0, 0.05) is 37.0 Å². The van der Waals surface area contributed by atoms with Gasteiger partial charge in [-0.1, -0.05) is 17.7 Å². The predicted octanol–water partition coefficient (Wildman–Crippen LogP) is 3.16. The number of ether oxygens (including phenoxy) is 1. The number of aromatic carboxylic acids is 1. The number of carbonyl (C=O) groups excluding carboxylic acids is 2. The first-order valence-corrected chi connectivity index (χ1v) is 9.19. The van der Waals surface area contributed by atoms with Crippen LogP contribution in [0.4, 0.5) is 0 Å². The molecule has 0 saturated heterocycles. The fourth-order valence-corrected chi connectivity index (χ4v) is 4.06. The topological polar surface area (TPSA) is 103 Å². The van der Waals surface area contributed by atoms with Crippen LogP contribution < -0.4 is 0 Å². The summed E-state index contributed by atoms with van der Waals surface area (Å²) >= 11 is 6.52. The van der Waals surface area contributed by atoms with Crippen molar-refractivity contribution < 1.29 is 24.2 Å². The Labute approximate surface area is 171 Å². The Kier molecular flexibility index (Phi) is 5.48. The van der Waals surface area contributed by atoms with Gasteiger partial charge in [-0.15, -0.1) is 0 Å². The number of benzene rings is 1. The lowest BCUT2D eigenvalue weighted by Gasteiger charge is -2.10. The monoisotopic (exact) mass is 417 g/mol. The van der Waals surface area contributed by atoms with Crippen molar-refractivity contribution in [3.63, 3.8) is 0 Å². The fraction of sp³-hybridized carbons (Fsp3) is 0.300. The summed E-state index contributed by atoms with van der Waals surface area (Å²) in [6, 6.07) is 3.39. The molecule has 0 saturated carbocycles. The molecule has 8 nitrogen and oxygen atoms in total. The smallest absolute Gasteiger partial charge is 0.352 e. The average Bonchev–Trinajstić information content (AvgIpc) is 3.12. The molecular weight excluding hydrogens is 398 g/mol. The number of carboxylic acid groups (broad SMARTS) is 1. The van der Waals surface area contributed by atoms with Crippen LogP contribution in [0, 0.1) is 6.92 Å². The highest BCUT2D eigenvalue weighted by molar-refractivity contribution is 6.35. The number of esters is 1. The molecule has 152 valence electrons. The van der Waals surface area contributed by atoms with E-state index in [9.17, 15) is 19.5 Å². The highest BCUT2D eigenvalue weighted by atomic mass is 35.5. The Morgan fingerprint density at radius 1 is 1.28 bits per heavy atom. The van der Waals surface area contributed by atoms with Crippen LogP contribution in [-0.4, -0.2) is 44.8 Å². The molecule has 0 radical (unpaired) electrons. The molecule has 0 amide bonds. The Morgan fingerprint density at radius 2 is 1.97 bits per heavy atom. The van der Waals surface area contributed by atoms with Gasteiger partial charge >= 0.3 is 11.9 Å². The standard InChI is InChI=1S/C20H20ClN3O5/c1-10-16(14(9-25)24(3)22-10)17-13(21)7-5-11-12(6-8-15(26)29-4)19(20(27)28)23(2)18(11)17/h5,7,9H,6,8H2,1-4H3,(H,27,28). The van der Waals surface area contributed by atoms with Crippen molar-refractivity contribution in [2.45, 2.75) is 19.8 Å². The normalized spacial score (nSPS) is 11.1. The van der Waals surface area contributed by atoms with Crippen LogP contribution >= 0.6 is 11.6 Å². The number of nitrogens with zero attached hydrogens (tertiary/aromatic N) is 3. The summed E-state index contributed by atoms with van der Waals surface area (Å²) in [5.41, 5.74) is 3.15. The summed E-state index contributed by atoms with van der Waals surface area (Å²) in [4.78, 5) is 35.3. The van der Waals surface area contributed by atoms with E-state index in [0.717, 1.165) is 0 Å². The van der Waals surface area contributed by atoms with E-state index in [2.05, 4.69) is 9.84 Å². The van der Waals surface area contributed by atoms with E-state index in [0.29, 0.717) is 50.3 Å². The van der Waals surface area contributed by atoms with E-state index >= 15 is 0 Å². The van der Waals surface area contributed by atoms with Crippen molar-refractivity contribution >= 4 is 40.7 Å². The molecule has 3 aromatic rings. The minimum atomic E-state index is -1.12. The molecule has 1 aromatic carbocycles. The zero-order valence-corrected chi connectivity index (χ0v) is 17.2. The van der Waals surface area contributed by atoms with Crippen molar-refractivity contribution in [3.8, 4) is 11.1 Å². The molecule has 2 aromatic heterocycles. The summed E-state index contributed by atoms with van der Waals surface area (Å²) in [5.74, 6) is -1.55. The van der Waals surface area contributed by atoms with E-state index in [1.54, 1.807) is 33.2 Å². The quantitative estimate of drug-likeness (QED) is 0.488. The molecule has 0 bridgehead atoms. The third-order valence-corrected chi connectivity index (χ3v) is 5.36. The first-order valence-electron chi connectivity index (χ1n) is 8.81. The average molecular weight is 418 g/mol. The van der Waals surface area contributed by atoms with E-state index < -0.39 is 11.9 Å². The molecular formula is C20H20ClN3O5. The van der Waals surface area contributed by atoms with Crippen LogP contribution in [0.3, 0.4) is 0 Å². The maximum absolute atomic E-state index is 12.0. The number of aryl methyl sites for hydroxylation is 4. The van der Waals surface area contributed by atoms with Crippen molar-refractivity contribution in [1.29, 1.82) is 0 Å². The van der Waals surface area contributed by atoms with Crippen molar-refractivity contribution in [1.82, 2.24) is 14.3 Å². The minimum Gasteiger partial charge on any atom is -0.477 e. The number of aromatic nitrogens is 3. The summed E-state index contributed by atoms with van der Waals surface area (Å²) in [6.45, 7) is 1.76. The number of hydrogen-bond acceptors (Lipinski definition) is 5. The van der Waals surface area contributed by atoms with Gasteiger partial charge in [-0.25, -0.2) is 4.79 Å². The van der Waals surface area contributed by atoms with Gasteiger partial charge < -0.3 is 14.4 Å². The van der Waals surface area contributed by atoms with E-state index in [1.165, 1.54) is 16.4 Å². The molecule has 0 aliphatic rings. The highest BCUT2D eigenvalue weighted by Gasteiger charge is 2.27. The number of carboxylic acids is 1. The van der Waals surface area contributed by atoms with E-state index in [1.807, 2.05) is 0 Å². The van der Waals surface area contributed by atoms with Crippen molar-refractivity contribution in [3.05, 3.63) is 39.8 Å². The highest BCUT2D eigenvalue weighted by Crippen LogP contribution is 2.41. The van der Waals surface area contributed by atoms with Gasteiger partial charge in [0.15, 0.2) is 6.29 Å². The second-order valence-corrected chi connectivity index (χ2v) is 7.08. The zero-order valence-electron chi connectivity index (χ0n) is 16.4. The van der Waals surface area contributed by atoms with Crippen LogP contribution in [0.25, 0.3) is 22.0 Å². The molecule has 0 fully saturated rings. The van der Waals surface area contributed by atoms with Gasteiger partial charge in [-0.05, 0) is 25.0 Å². The summed E-state index contributed by atoms with van der Waals surface area (Å²) in [6.07, 6.45) is 0.933. The van der Waals surface area contributed by atoms with Gasteiger partial charge in [-0.3, -0.25) is 14.3 Å². The number of methoxy groups -OCH3 is 1. The summed E-state index contributed by atoms with van der Waals surface area (Å²) in [7, 11) is 4.57. The van der Waals surface area contributed by atoms with E-state index in [-0.39, 0.29) is 18.5 Å². The van der Waals surface area contributed by atoms with Gasteiger partial charge in [0.1, 0.15) is 11.4 Å².